The van der Waals surface area contributed by atoms with Crippen LogP contribution in [0.25, 0.3) is 10.1 Å². The Morgan fingerprint density at radius 1 is 1.08 bits per heavy atom. The maximum absolute atomic E-state index is 13.7. The van der Waals surface area contributed by atoms with Crippen molar-refractivity contribution >= 4 is 44.3 Å². The first-order chi connectivity index (χ1) is 17.5. The molecule has 1 aromatic carbocycles. The summed E-state index contributed by atoms with van der Waals surface area (Å²) in [6.07, 6.45) is 1.27. The van der Waals surface area contributed by atoms with E-state index in [4.69, 9.17) is 4.74 Å². The Morgan fingerprint density at radius 2 is 1.81 bits per heavy atom. The fourth-order valence-corrected chi connectivity index (χ4v) is 6.22. The molecule has 1 atom stereocenters. The molecule has 2 aromatic rings. The Morgan fingerprint density at radius 3 is 2.50 bits per heavy atom. The van der Waals surface area contributed by atoms with Gasteiger partial charge in [0, 0.05) is 61.9 Å². The first-order valence-electron chi connectivity index (χ1n) is 13.0. The van der Waals surface area contributed by atoms with Crippen LogP contribution in [-0.4, -0.2) is 97.1 Å². The lowest BCUT2D eigenvalue weighted by molar-refractivity contribution is -0.150. The van der Waals surface area contributed by atoms with Gasteiger partial charge in [0.2, 0.25) is 0 Å². The molecule has 2 aliphatic heterocycles. The number of hydrogen-bond donors (Lipinski definition) is 2. The Kier molecular flexibility index (Phi) is 8.81. The zero-order valence-corrected chi connectivity index (χ0v) is 22.2. The number of hydrogen-bond acceptors (Lipinski definition) is 6. The van der Waals surface area contributed by atoms with Crippen molar-refractivity contribution in [2.45, 2.75) is 45.8 Å². The molecule has 0 saturated carbocycles. The number of likely N-dealkylation sites (N-methyl/N-ethyl adjacent to an activating group) is 1. The van der Waals surface area contributed by atoms with E-state index in [2.05, 4.69) is 15.5 Å². The van der Waals surface area contributed by atoms with Crippen LogP contribution in [0.5, 0.6) is 0 Å². The van der Waals surface area contributed by atoms with Gasteiger partial charge in [-0.05, 0) is 39.7 Å². The molecule has 4 amide bonds. The number of anilines is 1. The molecule has 10 heteroatoms. The number of piperidine rings is 1. The minimum Gasteiger partial charge on any atom is -0.366 e. The largest absolute Gasteiger partial charge is 0.366 e. The zero-order chi connectivity index (χ0) is 25.7. The van der Waals surface area contributed by atoms with E-state index < -0.39 is 6.10 Å². The van der Waals surface area contributed by atoms with Crippen molar-refractivity contribution in [2.75, 3.05) is 57.7 Å². The SMILES string of the molecule is CCNC(=O)Nc1sc2ccccc2c1C(=O)N1CCC(N2CCOC(C(=O)N(CC)CC)C2)CC1. The minimum absolute atomic E-state index is 0.0470. The molecule has 0 spiro atoms. The highest BCUT2D eigenvalue weighted by molar-refractivity contribution is 7.23. The monoisotopic (exact) mass is 515 g/mol. The summed E-state index contributed by atoms with van der Waals surface area (Å²) in [5.74, 6) is 0.0167. The average Bonchev–Trinajstić information content (AvgIpc) is 3.26. The maximum Gasteiger partial charge on any atom is 0.319 e. The van der Waals surface area contributed by atoms with E-state index in [0.717, 1.165) is 29.5 Å². The molecule has 0 aliphatic carbocycles. The Hall–Kier alpha value is -2.69. The predicted octanol–water partition coefficient (Wildman–Crippen LogP) is 3.22. The summed E-state index contributed by atoms with van der Waals surface area (Å²) in [7, 11) is 0. The highest BCUT2D eigenvalue weighted by atomic mass is 32.1. The number of rotatable bonds is 7. The van der Waals surface area contributed by atoms with E-state index in [1.54, 1.807) is 0 Å². The molecule has 2 saturated heterocycles. The molecule has 196 valence electrons. The van der Waals surface area contributed by atoms with Crippen LogP contribution in [0.3, 0.4) is 0 Å². The van der Waals surface area contributed by atoms with Crippen LogP contribution in [0.1, 0.15) is 44.0 Å². The number of carbonyl (C=O) groups is 3. The molecule has 2 N–H and O–H groups in total. The van der Waals surface area contributed by atoms with E-state index in [9.17, 15) is 14.4 Å². The number of urea groups is 1. The average molecular weight is 516 g/mol. The highest BCUT2D eigenvalue weighted by Crippen LogP contribution is 2.37. The number of ether oxygens (including phenoxy) is 1. The normalized spacial score (nSPS) is 19.3. The van der Waals surface area contributed by atoms with Crippen LogP contribution < -0.4 is 10.6 Å². The van der Waals surface area contributed by atoms with Gasteiger partial charge in [-0.2, -0.15) is 0 Å². The van der Waals surface area contributed by atoms with Crippen LogP contribution in [0.2, 0.25) is 0 Å². The zero-order valence-electron chi connectivity index (χ0n) is 21.4. The smallest absolute Gasteiger partial charge is 0.319 e. The fourth-order valence-electron chi connectivity index (χ4n) is 5.14. The lowest BCUT2D eigenvalue weighted by atomic mass is 10.0. The molecule has 3 heterocycles. The summed E-state index contributed by atoms with van der Waals surface area (Å²) in [4.78, 5) is 44.8. The molecule has 36 heavy (non-hydrogen) atoms. The summed E-state index contributed by atoms with van der Waals surface area (Å²) in [6, 6.07) is 7.78. The summed E-state index contributed by atoms with van der Waals surface area (Å²) in [5, 5.41) is 7.07. The lowest BCUT2D eigenvalue weighted by Gasteiger charge is -2.42. The van der Waals surface area contributed by atoms with Crippen molar-refractivity contribution in [3.05, 3.63) is 29.8 Å². The van der Waals surface area contributed by atoms with E-state index in [0.29, 0.717) is 62.5 Å². The summed E-state index contributed by atoms with van der Waals surface area (Å²) >= 11 is 1.43. The lowest BCUT2D eigenvalue weighted by Crippen LogP contribution is -2.55. The number of thiophene rings is 1. The number of fused-ring (bicyclic) bond motifs is 1. The predicted molar refractivity (Wildman–Crippen MR) is 143 cm³/mol. The van der Waals surface area contributed by atoms with Crippen molar-refractivity contribution in [3.8, 4) is 0 Å². The third-order valence-corrected chi connectivity index (χ3v) is 8.18. The molecular weight excluding hydrogens is 478 g/mol. The van der Waals surface area contributed by atoms with Crippen LogP contribution in [0, 0.1) is 0 Å². The first kappa shape index (κ1) is 26.4. The topological polar surface area (TPSA) is 94.2 Å². The fraction of sp³-hybridized carbons (Fsp3) is 0.577. The van der Waals surface area contributed by atoms with Gasteiger partial charge in [0.1, 0.15) is 11.1 Å². The van der Waals surface area contributed by atoms with Gasteiger partial charge in [0.05, 0.1) is 12.2 Å². The molecular formula is C26H37N5O4S. The van der Waals surface area contributed by atoms with Crippen molar-refractivity contribution in [3.63, 3.8) is 0 Å². The third-order valence-electron chi connectivity index (χ3n) is 7.09. The van der Waals surface area contributed by atoms with Gasteiger partial charge in [-0.3, -0.25) is 19.8 Å². The second-order valence-electron chi connectivity index (χ2n) is 9.18. The molecule has 1 unspecified atom stereocenters. The summed E-state index contributed by atoms with van der Waals surface area (Å²) in [5.41, 5.74) is 0.566. The van der Waals surface area contributed by atoms with Gasteiger partial charge in [0.15, 0.2) is 0 Å². The van der Waals surface area contributed by atoms with Crippen LogP contribution in [0.15, 0.2) is 24.3 Å². The Labute approximate surface area is 216 Å². The quantitative estimate of drug-likeness (QED) is 0.591. The summed E-state index contributed by atoms with van der Waals surface area (Å²) < 4.78 is 6.79. The number of likely N-dealkylation sites (tertiary alicyclic amines) is 1. The number of nitrogens with one attached hydrogen (secondary N) is 2. The van der Waals surface area contributed by atoms with Gasteiger partial charge in [-0.1, -0.05) is 18.2 Å². The van der Waals surface area contributed by atoms with Crippen molar-refractivity contribution in [1.29, 1.82) is 0 Å². The maximum atomic E-state index is 13.7. The van der Waals surface area contributed by atoms with Crippen molar-refractivity contribution < 1.29 is 19.1 Å². The second kappa shape index (κ2) is 12.0. The molecule has 2 fully saturated rings. The van der Waals surface area contributed by atoms with Gasteiger partial charge in [-0.15, -0.1) is 11.3 Å². The standard InChI is InChI=1S/C26H37N5O4S/c1-4-27-26(34)28-23-22(19-9-7-8-10-21(19)36-23)25(33)30-13-11-18(12-14-30)31-15-16-35-20(17-31)24(32)29(5-2)6-3/h7-10,18,20H,4-6,11-17H2,1-3H3,(H2,27,28,34). The van der Waals surface area contributed by atoms with Gasteiger partial charge >= 0.3 is 6.03 Å². The molecule has 2 aliphatic rings. The highest BCUT2D eigenvalue weighted by Gasteiger charge is 2.35. The van der Waals surface area contributed by atoms with E-state index in [-0.39, 0.29) is 17.8 Å². The van der Waals surface area contributed by atoms with E-state index in [1.807, 2.05) is 54.8 Å². The number of amides is 4. The van der Waals surface area contributed by atoms with Crippen LogP contribution >= 0.6 is 11.3 Å². The number of morpholine rings is 1. The second-order valence-corrected chi connectivity index (χ2v) is 10.2. The minimum atomic E-state index is -0.418. The molecule has 0 radical (unpaired) electrons. The number of carbonyl (C=O) groups excluding carboxylic acids is 3. The Bertz CT molecular complexity index is 1080. The third kappa shape index (κ3) is 5.66. The van der Waals surface area contributed by atoms with Crippen molar-refractivity contribution in [1.82, 2.24) is 20.0 Å². The van der Waals surface area contributed by atoms with Crippen molar-refractivity contribution in [2.24, 2.45) is 0 Å². The summed E-state index contributed by atoms with van der Waals surface area (Å²) in [6.45, 7) is 10.9. The van der Waals surface area contributed by atoms with Gasteiger partial charge < -0.3 is 19.9 Å². The molecule has 0 bridgehead atoms. The van der Waals surface area contributed by atoms with Gasteiger partial charge in [-0.25, -0.2) is 4.79 Å². The van der Waals surface area contributed by atoms with E-state index >= 15 is 0 Å². The number of nitrogens with zero attached hydrogens (tertiary/aromatic N) is 3. The van der Waals surface area contributed by atoms with Crippen LogP contribution in [-0.2, 0) is 9.53 Å². The first-order valence-corrected chi connectivity index (χ1v) is 13.8. The molecule has 1 aromatic heterocycles. The van der Waals surface area contributed by atoms with Gasteiger partial charge in [0.25, 0.3) is 11.8 Å². The molecule has 4 rings (SSSR count). The van der Waals surface area contributed by atoms with Crippen LogP contribution in [0.4, 0.5) is 9.80 Å². The number of benzene rings is 1. The Balaban J connectivity index is 1.42. The molecule has 9 nitrogen and oxygen atoms in total. The van der Waals surface area contributed by atoms with E-state index in [1.165, 1.54) is 11.3 Å².